The van der Waals surface area contributed by atoms with Crippen molar-refractivity contribution in [3.63, 3.8) is 0 Å². The van der Waals surface area contributed by atoms with Gasteiger partial charge < -0.3 is 10.5 Å². The molecule has 0 unspecified atom stereocenters. The Morgan fingerprint density at radius 1 is 1.12 bits per heavy atom. The second kappa shape index (κ2) is 5.02. The summed E-state index contributed by atoms with van der Waals surface area (Å²) in [5.74, 6) is 0.879. The number of ether oxygens (including phenoxy) is 1. The molecule has 0 atom stereocenters. The van der Waals surface area contributed by atoms with Gasteiger partial charge >= 0.3 is 0 Å². The molecule has 0 bridgehead atoms. The van der Waals surface area contributed by atoms with Crippen LogP contribution in [0.25, 0.3) is 11.1 Å². The molecule has 2 rings (SSSR count). The third-order valence-electron chi connectivity index (χ3n) is 2.91. The molecule has 0 aromatic heterocycles. The quantitative estimate of drug-likeness (QED) is 0.874. The van der Waals surface area contributed by atoms with Gasteiger partial charge in [0.1, 0.15) is 5.75 Å². The van der Waals surface area contributed by atoms with Gasteiger partial charge in [0.05, 0.1) is 7.11 Å². The predicted molar refractivity (Wildman–Crippen MR) is 71.1 cm³/mol. The maximum Gasteiger partial charge on any atom is 0.119 e. The molecular weight excluding hydrogens is 210 g/mol. The highest BCUT2D eigenvalue weighted by molar-refractivity contribution is 5.68. The van der Waals surface area contributed by atoms with Gasteiger partial charge in [-0.1, -0.05) is 30.3 Å². The molecule has 2 heteroatoms. The molecule has 0 heterocycles. The monoisotopic (exact) mass is 227 g/mol. The van der Waals surface area contributed by atoms with Gasteiger partial charge in [-0.2, -0.15) is 0 Å². The number of hydrogen-bond donors (Lipinski definition) is 1. The molecule has 0 saturated carbocycles. The Morgan fingerprint density at radius 3 is 2.59 bits per heavy atom. The Kier molecular flexibility index (Phi) is 3.45. The lowest BCUT2D eigenvalue weighted by molar-refractivity contribution is 0.415. The van der Waals surface area contributed by atoms with E-state index in [9.17, 15) is 0 Å². The summed E-state index contributed by atoms with van der Waals surface area (Å²) < 4.78 is 5.24. The molecule has 2 aromatic rings. The largest absolute Gasteiger partial charge is 0.497 e. The second-order valence-electron chi connectivity index (χ2n) is 4.09. The fourth-order valence-corrected chi connectivity index (χ4v) is 1.97. The van der Waals surface area contributed by atoms with Crippen molar-refractivity contribution >= 4 is 0 Å². The number of nitrogens with two attached hydrogens (primary N) is 1. The van der Waals surface area contributed by atoms with E-state index in [1.807, 2.05) is 18.2 Å². The van der Waals surface area contributed by atoms with Crippen molar-refractivity contribution in [3.05, 3.63) is 53.6 Å². The van der Waals surface area contributed by atoms with Crippen LogP contribution in [-0.2, 0) is 6.54 Å². The molecule has 0 fully saturated rings. The van der Waals surface area contributed by atoms with Crippen LogP contribution in [0, 0.1) is 6.92 Å². The summed E-state index contributed by atoms with van der Waals surface area (Å²) in [5.41, 5.74) is 10.4. The van der Waals surface area contributed by atoms with Crippen molar-refractivity contribution in [1.29, 1.82) is 0 Å². The Bertz CT molecular complexity index is 520. The fraction of sp³-hybridized carbons (Fsp3) is 0.200. The van der Waals surface area contributed by atoms with E-state index in [0.717, 1.165) is 11.3 Å². The average molecular weight is 227 g/mol. The van der Waals surface area contributed by atoms with E-state index in [4.69, 9.17) is 10.5 Å². The zero-order valence-electron chi connectivity index (χ0n) is 10.2. The van der Waals surface area contributed by atoms with Crippen LogP contribution in [-0.4, -0.2) is 7.11 Å². The number of rotatable bonds is 3. The van der Waals surface area contributed by atoms with Gasteiger partial charge in [-0.3, -0.25) is 0 Å². The van der Waals surface area contributed by atoms with Gasteiger partial charge in [0.2, 0.25) is 0 Å². The molecular formula is C15H17NO. The maximum absolute atomic E-state index is 5.63. The van der Waals surface area contributed by atoms with E-state index in [-0.39, 0.29) is 0 Å². The van der Waals surface area contributed by atoms with Crippen LogP contribution in [0.1, 0.15) is 11.1 Å². The molecule has 2 nitrogen and oxygen atoms in total. The Morgan fingerprint density at radius 2 is 1.94 bits per heavy atom. The molecule has 2 aromatic carbocycles. The van der Waals surface area contributed by atoms with E-state index in [1.54, 1.807) is 7.11 Å². The number of benzene rings is 2. The van der Waals surface area contributed by atoms with E-state index in [2.05, 4.69) is 31.2 Å². The topological polar surface area (TPSA) is 35.2 Å². The van der Waals surface area contributed by atoms with E-state index in [1.165, 1.54) is 16.7 Å². The van der Waals surface area contributed by atoms with Crippen LogP contribution in [0.15, 0.2) is 42.5 Å². The van der Waals surface area contributed by atoms with Crippen LogP contribution in [0.2, 0.25) is 0 Å². The summed E-state index contributed by atoms with van der Waals surface area (Å²) in [6.45, 7) is 2.69. The molecule has 0 saturated heterocycles. The Hall–Kier alpha value is -1.80. The molecule has 0 radical (unpaired) electrons. The first kappa shape index (κ1) is 11.7. The summed E-state index contributed by atoms with van der Waals surface area (Å²) in [7, 11) is 1.68. The van der Waals surface area contributed by atoms with Gasteiger partial charge in [-0.25, -0.2) is 0 Å². The maximum atomic E-state index is 5.63. The fourth-order valence-electron chi connectivity index (χ4n) is 1.97. The van der Waals surface area contributed by atoms with Crippen molar-refractivity contribution in [2.24, 2.45) is 5.73 Å². The average Bonchev–Trinajstić information content (AvgIpc) is 2.38. The first-order valence-electron chi connectivity index (χ1n) is 5.68. The SMILES string of the molecule is COc1cccc(-c2ccc(CN)cc2C)c1. The standard InChI is InChI=1S/C15H17NO/c1-11-8-12(10-16)6-7-15(11)13-4-3-5-14(9-13)17-2/h3-9H,10,16H2,1-2H3. The first-order chi connectivity index (χ1) is 8.24. The van der Waals surface area contributed by atoms with Gasteiger partial charge in [0.15, 0.2) is 0 Å². The lowest BCUT2D eigenvalue weighted by Crippen LogP contribution is -1.97. The van der Waals surface area contributed by atoms with Crippen LogP contribution in [0.4, 0.5) is 0 Å². The first-order valence-corrected chi connectivity index (χ1v) is 5.68. The minimum absolute atomic E-state index is 0.583. The van der Waals surface area contributed by atoms with Crippen molar-refractivity contribution in [1.82, 2.24) is 0 Å². The number of aryl methyl sites for hydroxylation is 1. The molecule has 0 amide bonds. The third-order valence-corrected chi connectivity index (χ3v) is 2.91. The van der Waals surface area contributed by atoms with E-state index < -0.39 is 0 Å². The minimum atomic E-state index is 0.583. The number of methoxy groups -OCH3 is 1. The molecule has 2 N–H and O–H groups in total. The summed E-state index contributed by atoms with van der Waals surface area (Å²) >= 11 is 0. The highest BCUT2D eigenvalue weighted by atomic mass is 16.5. The molecule has 0 aliphatic rings. The highest BCUT2D eigenvalue weighted by Crippen LogP contribution is 2.27. The summed E-state index contributed by atoms with van der Waals surface area (Å²) in [5, 5.41) is 0. The minimum Gasteiger partial charge on any atom is -0.497 e. The van der Waals surface area contributed by atoms with Crippen LogP contribution in [0.5, 0.6) is 5.75 Å². The van der Waals surface area contributed by atoms with Crippen molar-refractivity contribution < 1.29 is 4.74 Å². The molecule has 0 spiro atoms. The van der Waals surface area contributed by atoms with Crippen molar-refractivity contribution in [2.75, 3.05) is 7.11 Å². The zero-order valence-corrected chi connectivity index (χ0v) is 10.2. The van der Waals surface area contributed by atoms with E-state index in [0.29, 0.717) is 6.54 Å². The molecule has 88 valence electrons. The summed E-state index contributed by atoms with van der Waals surface area (Å²) in [4.78, 5) is 0. The van der Waals surface area contributed by atoms with Crippen molar-refractivity contribution in [3.8, 4) is 16.9 Å². The summed E-state index contributed by atoms with van der Waals surface area (Å²) in [6.07, 6.45) is 0. The third kappa shape index (κ3) is 2.48. The van der Waals surface area contributed by atoms with Crippen molar-refractivity contribution in [2.45, 2.75) is 13.5 Å². The second-order valence-corrected chi connectivity index (χ2v) is 4.09. The van der Waals surface area contributed by atoms with Crippen LogP contribution < -0.4 is 10.5 Å². The Balaban J connectivity index is 2.45. The van der Waals surface area contributed by atoms with Gasteiger partial charge in [-0.15, -0.1) is 0 Å². The van der Waals surface area contributed by atoms with Crippen LogP contribution >= 0.6 is 0 Å². The molecule has 17 heavy (non-hydrogen) atoms. The molecule has 0 aliphatic carbocycles. The smallest absolute Gasteiger partial charge is 0.119 e. The highest BCUT2D eigenvalue weighted by Gasteiger charge is 2.03. The van der Waals surface area contributed by atoms with Gasteiger partial charge in [-0.05, 0) is 41.3 Å². The normalized spacial score (nSPS) is 10.3. The lowest BCUT2D eigenvalue weighted by atomic mass is 9.98. The Labute approximate surface area is 102 Å². The van der Waals surface area contributed by atoms with Gasteiger partial charge in [0.25, 0.3) is 0 Å². The van der Waals surface area contributed by atoms with Gasteiger partial charge in [0, 0.05) is 6.54 Å². The lowest BCUT2D eigenvalue weighted by Gasteiger charge is -2.09. The summed E-state index contributed by atoms with van der Waals surface area (Å²) in [6, 6.07) is 14.4. The van der Waals surface area contributed by atoms with E-state index >= 15 is 0 Å². The zero-order chi connectivity index (χ0) is 12.3. The number of hydrogen-bond acceptors (Lipinski definition) is 2. The van der Waals surface area contributed by atoms with Crippen LogP contribution in [0.3, 0.4) is 0 Å². The predicted octanol–water partition coefficient (Wildman–Crippen LogP) is 3.13. The molecule has 0 aliphatic heterocycles.